The van der Waals surface area contributed by atoms with Crippen LogP contribution < -0.4 is 10.2 Å². The average Bonchev–Trinajstić information content (AvgIpc) is 2.38. The molecule has 0 radical (unpaired) electrons. The van der Waals surface area contributed by atoms with Crippen molar-refractivity contribution in [2.75, 3.05) is 39.8 Å². The summed E-state index contributed by atoms with van der Waals surface area (Å²) in [6.07, 6.45) is -0.477. The number of hydrogen-bond acceptors (Lipinski definition) is 5. The van der Waals surface area contributed by atoms with Gasteiger partial charge in [0.05, 0.1) is 6.54 Å². The summed E-state index contributed by atoms with van der Waals surface area (Å²) in [5.74, 6) is 0.360. The summed E-state index contributed by atoms with van der Waals surface area (Å²) in [5.41, 5.74) is 0.439. The molecule has 0 bridgehead atoms. The maximum Gasteiger partial charge on any atom is 0.251 e. The van der Waals surface area contributed by atoms with Crippen LogP contribution in [-0.2, 0) is 9.47 Å². The van der Waals surface area contributed by atoms with E-state index >= 15 is 0 Å². The first-order valence-corrected chi connectivity index (χ1v) is 6.04. The van der Waals surface area contributed by atoms with Crippen LogP contribution in [0.25, 0.3) is 0 Å². The van der Waals surface area contributed by atoms with Crippen molar-refractivity contribution in [1.29, 1.82) is 0 Å². The minimum Gasteiger partial charge on any atom is -0.363 e. The lowest BCUT2D eigenvalue weighted by atomic mass is 10.2. The fourth-order valence-electron chi connectivity index (χ4n) is 1.38. The van der Waals surface area contributed by atoms with Crippen molar-refractivity contribution in [2.45, 2.75) is 6.29 Å². The van der Waals surface area contributed by atoms with Crippen molar-refractivity contribution in [2.24, 2.45) is 0 Å². The fourth-order valence-corrected chi connectivity index (χ4v) is 1.59. The molecule has 1 amide bonds. The molecule has 1 rings (SSSR count). The van der Waals surface area contributed by atoms with Crippen LogP contribution in [0.4, 0.5) is 5.82 Å². The highest BCUT2D eigenvalue weighted by Crippen LogP contribution is 2.16. The second-order valence-corrected chi connectivity index (χ2v) is 4.43. The van der Waals surface area contributed by atoms with Crippen molar-refractivity contribution in [3.05, 3.63) is 22.8 Å². The van der Waals surface area contributed by atoms with Crippen LogP contribution in [0, 0.1) is 0 Å². The van der Waals surface area contributed by atoms with Crippen LogP contribution in [0.3, 0.4) is 0 Å². The molecule has 0 aromatic carbocycles. The maximum absolute atomic E-state index is 12.0. The van der Waals surface area contributed by atoms with E-state index in [0.29, 0.717) is 11.4 Å². The molecule has 6 nitrogen and oxygen atoms in total. The third-order valence-electron chi connectivity index (χ3n) is 2.46. The summed E-state index contributed by atoms with van der Waals surface area (Å²) in [6, 6.07) is 3.17. The van der Waals surface area contributed by atoms with E-state index in [9.17, 15) is 4.79 Å². The van der Waals surface area contributed by atoms with E-state index in [1.54, 1.807) is 11.0 Å². The number of halogens is 1. The molecule has 106 valence electrons. The van der Waals surface area contributed by atoms with Gasteiger partial charge in [0.1, 0.15) is 11.0 Å². The molecule has 0 aliphatic carbocycles. The number of hydrogen-bond donors (Lipinski definition) is 1. The van der Waals surface area contributed by atoms with Crippen molar-refractivity contribution < 1.29 is 14.3 Å². The Balaban J connectivity index is 2.76. The van der Waals surface area contributed by atoms with Gasteiger partial charge in [-0.3, -0.25) is 4.79 Å². The van der Waals surface area contributed by atoms with E-state index in [1.165, 1.54) is 20.3 Å². The van der Waals surface area contributed by atoms with Crippen LogP contribution >= 0.6 is 11.6 Å². The topological polar surface area (TPSA) is 63.7 Å². The van der Waals surface area contributed by atoms with Gasteiger partial charge in [0.15, 0.2) is 6.29 Å². The molecule has 7 heteroatoms. The van der Waals surface area contributed by atoms with Gasteiger partial charge >= 0.3 is 0 Å². The normalized spacial score (nSPS) is 10.6. The van der Waals surface area contributed by atoms with Gasteiger partial charge in [-0.05, 0) is 12.1 Å². The number of rotatable bonds is 6. The number of nitrogens with one attached hydrogen (secondary N) is 1. The summed E-state index contributed by atoms with van der Waals surface area (Å²) in [4.78, 5) is 17.9. The fraction of sp³-hybridized carbons (Fsp3) is 0.500. The van der Waals surface area contributed by atoms with Gasteiger partial charge in [0.25, 0.3) is 5.91 Å². The van der Waals surface area contributed by atoms with Gasteiger partial charge in [-0.2, -0.15) is 0 Å². The number of ether oxygens (including phenoxy) is 2. The van der Waals surface area contributed by atoms with Crippen LogP contribution in [0.15, 0.2) is 12.1 Å². The van der Waals surface area contributed by atoms with E-state index in [2.05, 4.69) is 10.3 Å². The molecule has 1 aromatic rings. The van der Waals surface area contributed by atoms with E-state index in [1.807, 2.05) is 14.1 Å². The number of pyridine rings is 1. The summed E-state index contributed by atoms with van der Waals surface area (Å²) < 4.78 is 9.98. The van der Waals surface area contributed by atoms with Gasteiger partial charge in [-0.1, -0.05) is 11.6 Å². The van der Waals surface area contributed by atoms with E-state index in [4.69, 9.17) is 21.1 Å². The highest BCUT2D eigenvalue weighted by molar-refractivity contribution is 6.29. The number of methoxy groups -OCH3 is 2. The first-order valence-electron chi connectivity index (χ1n) is 5.66. The van der Waals surface area contributed by atoms with Gasteiger partial charge in [-0.25, -0.2) is 4.98 Å². The standard InChI is InChI=1S/C12H18ClN3O3/c1-16(2)10-6-8(5-9(13)15-10)12(17)14-7-11(18-3)19-4/h5-6,11H,7H2,1-4H3,(H,14,17). The summed E-state index contributed by atoms with van der Waals surface area (Å²) in [7, 11) is 6.67. The lowest BCUT2D eigenvalue weighted by molar-refractivity contribution is -0.0974. The largest absolute Gasteiger partial charge is 0.363 e. The third-order valence-corrected chi connectivity index (χ3v) is 2.65. The first-order chi connectivity index (χ1) is 8.97. The molecule has 0 saturated carbocycles. The Kier molecular flexibility index (Phi) is 6.01. The molecular formula is C12H18ClN3O3. The monoisotopic (exact) mass is 287 g/mol. The van der Waals surface area contributed by atoms with Gasteiger partial charge in [-0.15, -0.1) is 0 Å². The molecular weight excluding hydrogens is 270 g/mol. The highest BCUT2D eigenvalue weighted by atomic mass is 35.5. The van der Waals surface area contributed by atoms with Crippen LogP contribution in [0.1, 0.15) is 10.4 Å². The third kappa shape index (κ3) is 4.66. The molecule has 0 atom stereocenters. The minimum atomic E-state index is -0.477. The number of aromatic nitrogens is 1. The second-order valence-electron chi connectivity index (χ2n) is 4.04. The minimum absolute atomic E-state index is 0.253. The molecule has 1 aromatic heterocycles. The summed E-state index contributed by atoms with van der Waals surface area (Å²) >= 11 is 5.89. The quantitative estimate of drug-likeness (QED) is 0.628. The number of amides is 1. The molecule has 0 saturated heterocycles. The Labute approximate surface area is 117 Å². The molecule has 1 heterocycles. The van der Waals surface area contributed by atoms with Crippen LogP contribution in [-0.4, -0.2) is 52.0 Å². The second kappa shape index (κ2) is 7.28. The van der Waals surface area contributed by atoms with Crippen LogP contribution in [0.2, 0.25) is 5.15 Å². The smallest absolute Gasteiger partial charge is 0.251 e. The molecule has 0 fully saturated rings. The van der Waals surface area contributed by atoms with Crippen LogP contribution in [0.5, 0.6) is 0 Å². The molecule has 0 aliphatic rings. The first kappa shape index (κ1) is 15.7. The van der Waals surface area contributed by atoms with Gasteiger partial charge < -0.3 is 19.7 Å². The Morgan fingerprint density at radius 3 is 2.58 bits per heavy atom. The highest BCUT2D eigenvalue weighted by Gasteiger charge is 2.12. The molecule has 0 spiro atoms. The molecule has 19 heavy (non-hydrogen) atoms. The number of nitrogens with zero attached hydrogens (tertiary/aromatic N) is 2. The molecule has 0 aliphatic heterocycles. The predicted molar refractivity (Wildman–Crippen MR) is 73.7 cm³/mol. The summed E-state index contributed by atoms with van der Waals surface area (Å²) in [6.45, 7) is 0.253. The van der Waals surface area contributed by atoms with Gasteiger partial charge in [0, 0.05) is 33.9 Å². The molecule has 0 unspecified atom stereocenters. The Morgan fingerprint density at radius 1 is 1.42 bits per heavy atom. The zero-order valence-electron chi connectivity index (χ0n) is 11.4. The van der Waals surface area contributed by atoms with Crippen molar-refractivity contribution in [1.82, 2.24) is 10.3 Å². The van der Waals surface area contributed by atoms with E-state index in [0.717, 1.165) is 0 Å². The van der Waals surface area contributed by atoms with Crippen molar-refractivity contribution >= 4 is 23.3 Å². The van der Waals surface area contributed by atoms with Gasteiger partial charge in [0.2, 0.25) is 0 Å². The lowest BCUT2D eigenvalue weighted by Gasteiger charge is -2.15. The van der Waals surface area contributed by atoms with Crippen molar-refractivity contribution in [3.8, 4) is 0 Å². The number of anilines is 1. The number of carbonyl (C=O) groups is 1. The van der Waals surface area contributed by atoms with Crippen molar-refractivity contribution in [3.63, 3.8) is 0 Å². The zero-order chi connectivity index (χ0) is 14.4. The lowest BCUT2D eigenvalue weighted by Crippen LogP contribution is -2.34. The maximum atomic E-state index is 12.0. The Bertz CT molecular complexity index is 436. The molecule has 1 N–H and O–H groups in total. The zero-order valence-corrected chi connectivity index (χ0v) is 12.2. The average molecular weight is 288 g/mol. The predicted octanol–water partition coefficient (Wildman–Crippen LogP) is 1.15. The Morgan fingerprint density at radius 2 is 2.05 bits per heavy atom. The summed E-state index contributed by atoms with van der Waals surface area (Å²) in [5, 5.41) is 2.97. The van der Waals surface area contributed by atoms with E-state index in [-0.39, 0.29) is 17.6 Å². The Hall–Kier alpha value is -1.37. The van der Waals surface area contributed by atoms with E-state index < -0.39 is 6.29 Å². The number of carbonyl (C=O) groups excluding carboxylic acids is 1. The SMILES string of the molecule is COC(CNC(=O)c1cc(Cl)nc(N(C)C)c1)OC.